The SMILES string of the molecule is COc1ccc(CNc2nc(NCCOCCOCCNC(=O)c3ccccc3)nc(Nc3ccc(OC)c(OC)c3)n2)cc1. The molecular formula is C32H39N7O6. The molecule has 1 aromatic heterocycles. The van der Waals surface area contributed by atoms with E-state index < -0.39 is 0 Å². The van der Waals surface area contributed by atoms with Crippen LogP contribution in [0.15, 0.2) is 72.8 Å². The van der Waals surface area contributed by atoms with E-state index >= 15 is 0 Å². The molecule has 0 radical (unpaired) electrons. The van der Waals surface area contributed by atoms with Crippen LogP contribution in [0.1, 0.15) is 15.9 Å². The van der Waals surface area contributed by atoms with Crippen LogP contribution >= 0.6 is 0 Å². The lowest BCUT2D eigenvalue weighted by Crippen LogP contribution is -2.27. The van der Waals surface area contributed by atoms with Crippen LogP contribution < -0.4 is 35.5 Å². The number of methoxy groups -OCH3 is 3. The van der Waals surface area contributed by atoms with E-state index in [1.165, 1.54) is 0 Å². The van der Waals surface area contributed by atoms with Gasteiger partial charge in [0.1, 0.15) is 5.75 Å². The van der Waals surface area contributed by atoms with E-state index in [0.29, 0.717) is 86.7 Å². The molecule has 4 rings (SSSR count). The van der Waals surface area contributed by atoms with E-state index in [4.69, 9.17) is 23.7 Å². The number of nitrogens with zero attached hydrogens (tertiary/aromatic N) is 3. The maximum atomic E-state index is 12.0. The second-order valence-corrected chi connectivity index (χ2v) is 9.48. The summed E-state index contributed by atoms with van der Waals surface area (Å²) < 4.78 is 27.2. The smallest absolute Gasteiger partial charge is 0.251 e. The van der Waals surface area contributed by atoms with Crippen molar-refractivity contribution in [2.24, 2.45) is 0 Å². The molecule has 4 aromatic rings. The van der Waals surface area contributed by atoms with Crippen molar-refractivity contribution in [2.75, 3.05) is 76.8 Å². The molecule has 0 aliphatic carbocycles. The van der Waals surface area contributed by atoms with Crippen LogP contribution in [0.4, 0.5) is 23.5 Å². The Morgan fingerprint density at radius 2 is 1.33 bits per heavy atom. The number of amides is 1. The molecular weight excluding hydrogens is 578 g/mol. The molecule has 0 atom stereocenters. The highest BCUT2D eigenvalue weighted by Crippen LogP contribution is 2.30. The van der Waals surface area contributed by atoms with Crippen molar-refractivity contribution in [2.45, 2.75) is 6.54 Å². The Morgan fingerprint density at radius 3 is 2.02 bits per heavy atom. The van der Waals surface area contributed by atoms with Crippen molar-refractivity contribution < 1.29 is 28.5 Å². The number of hydrogen-bond donors (Lipinski definition) is 4. The molecule has 1 amide bonds. The number of carbonyl (C=O) groups excluding carboxylic acids is 1. The van der Waals surface area contributed by atoms with E-state index in [1.54, 1.807) is 45.6 Å². The maximum absolute atomic E-state index is 12.0. The molecule has 238 valence electrons. The third-order valence-corrected chi connectivity index (χ3v) is 6.35. The number of rotatable bonds is 19. The first kappa shape index (κ1) is 32.8. The van der Waals surface area contributed by atoms with Crippen molar-refractivity contribution in [1.29, 1.82) is 0 Å². The summed E-state index contributed by atoms with van der Waals surface area (Å²) in [6.45, 7) is 3.01. The second kappa shape index (κ2) is 17.9. The zero-order valence-corrected chi connectivity index (χ0v) is 25.7. The number of aromatic nitrogens is 3. The first-order valence-electron chi connectivity index (χ1n) is 14.4. The minimum Gasteiger partial charge on any atom is -0.497 e. The first-order valence-corrected chi connectivity index (χ1v) is 14.4. The lowest BCUT2D eigenvalue weighted by molar-refractivity contribution is 0.0519. The summed E-state index contributed by atoms with van der Waals surface area (Å²) in [4.78, 5) is 25.6. The standard InChI is InChI=1S/C32H39N7O6/c1-41-26-12-9-23(10-13-26)22-35-31-37-30(38-32(39-31)36-25-11-14-27(42-2)28(21-25)43-3)34-16-18-45-20-19-44-17-15-33-29(40)24-7-5-4-6-8-24/h4-14,21H,15-20,22H2,1-3H3,(H,33,40)(H3,34,35,36,37,38,39). The van der Waals surface area contributed by atoms with Crippen LogP contribution in [-0.2, 0) is 16.0 Å². The van der Waals surface area contributed by atoms with Gasteiger partial charge in [-0.1, -0.05) is 30.3 Å². The summed E-state index contributed by atoms with van der Waals surface area (Å²) in [6, 6.07) is 22.2. The average Bonchev–Trinajstić information content (AvgIpc) is 3.08. The van der Waals surface area contributed by atoms with Crippen molar-refractivity contribution >= 4 is 29.4 Å². The molecule has 3 aromatic carbocycles. The molecule has 0 fully saturated rings. The van der Waals surface area contributed by atoms with E-state index in [1.807, 2.05) is 48.5 Å². The second-order valence-electron chi connectivity index (χ2n) is 9.48. The lowest BCUT2D eigenvalue weighted by Gasteiger charge is -2.13. The fraction of sp³-hybridized carbons (Fsp3) is 0.312. The average molecular weight is 618 g/mol. The molecule has 0 spiro atoms. The monoisotopic (exact) mass is 617 g/mol. The van der Waals surface area contributed by atoms with Gasteiger partial charge in [0.2, 0.25) is 17.8 Å². The van der Waals surface area contributed by atoms with Crippen LogP contribution in [-0.4, -0.2) is 81.7 Å². The summed E-state index contributed by atoms with van der Waals surface area (Å²) in [7, 11) is 4.80. The third kappa shape index (κ3) is 10.8. The van der Waals surface area contributed by atoms with Gasteiger partial charge in [0.15, 0.2) is 11.5 Å². The number of carbonyl (C=O) groups is 1. The highest BCUT2D eigenvalue weighted by molar-refractivity contribution is 5.94. The van der Waals surface area contributed by atoms with Gasteiger partial charge in [0, 0.05) is 37.0 Å². The van der Waals surface area contributed by atoms with E-state index in [9.17, 15) is 4.79 Å². The zero-order chi connectivity index (χ0) is 31.7. The van der Waals surface area contributed by atoms with Gasteiger partial charge in [-0.05, 0) is 42.0 Å². The normalized spacial score (nSPS) is 10.6. The van der Waals surface area contributed by atoms with E-state index in [2.05, 4.69) is 36.2 Å². The number of benzene rings is 3. The van der Waals surface area contributed by atoms with E-state index in [0.717, 1.165) is 11.3 Å². The van der Waals surface area contributed by atoms with E-state index in [-0.39, 0.29) is 5.91 Å². The van der Waals surface area contributed by atoms with Gasteiger partial charge in [0.05, 0.1) is 47.8 Å². The van der Waals surface area contributed by atoms with Gasteiger partial charge in [-0.3, -0.25) is 4.79 Å². The number of anilines is 4. The largest absolute Gasteiger partial charge is 0.497 e. The third-order valence-electron chi connectivity index (χ3n) is 6.35. The Kier molecular flexibility index (Phi) is 13.0. The summed E-state index contributed by atoms with van der Waals surface area (Å²) >= 11 is 0. The Labute approximate surface area is 262 Å². The van der Waals surface area contributed by atoms with Crippen molar-refractivity contribution in [1.82, 2.24) is 20.3 Å². The van der Waals surface area contributed by atoms with Gasteiger partial charge >= 0.3 is 0 Å². The van der Waals surface area contributed by atoms with Gasteiger partial charge in [0.25, 0.3) is 5.91 Å². The van der Waals surface area contributed by atoms with Gasteiger partial charge in [-0.15, -0.1) is 0 Å². The van der Waals surface area contributed by atoms with Gasteiger partial charge < -0.3 is 45.0 Å². The lowest BCUT2D eigenvalue weighted by atomic mass is 10.2. The van der Waals surface area contributed by atoms with Gasteiger partial charge in [-0.25, -0.2) is 0 Å². The summed E-state index contributed by atoms with van der Waals surface area (Å²) in [5, 5.41) is 12.5. The summed E-state index contributed by atoms with van der Waals surface area (Å²) in [6.07, 6.45) is 0. The fourth-order valence-electron chi connectivity index (χ4n) is 4.04. The molecule has 0 bridgehead atoms. The molecule has 13 nitrogen and oxygen atoms in total. The van der Waals surface area contributed by atoms with Crippen molar-refractivity contribution in [3.63, 3.8) is 0 Å². The predicted octanol–water partition coefficient (Wildman–Crippen LogP) is 4.13. The molecule has 0 saturated carbocycles. The number of hydrogen-bond acceptors (Lipinski definition) is 12. The molecule has 0 aliphatic rings. The Hall–Kier alpha value is -5.14. The number of ether oxygens (including phenoxy) is 5. The van der Waals surface area contributed by atoms with Crippen molar-refractivity contribution in [3.8, 4) is 17.2 Å². The van der Waals surface area contributed by atoms with Crippen molar-refractivity contribution in [3.05, 3.63) is 83.9 Å². The topological polar surface area (TPSA) is 150 Å². The highest BCUT2D eigenvalue weighted by atomic mass is 16.5. The molecule has 45 heavy (non-hydrogen) atoms. The van der Waals surface area contributed by atoms with Crippen LogP contribution in [0.25, 0.3) is 0 Å². The van der Waals surface area contributed by atoms with Crippen LogP contribution in [0.2, 0.25) is 0 Å². The Morgan fingerprint density at radius 1 is 0.667 bits per heavy atom. The molecule has 0 saturated heterocycles. The summed E-state index contributed by atoms with van der Waals surface area (Å²) in [5.41, 5.74) is 2.37. The molecule has 1 heterocycles. The first-order chi connectivity index (χ1) is 22.1. The molecule has 0 aliphatic heterocycles. The zero-order valence-electron chi connectivity index (χ0n) is 25.7. The Balaban J connectivity index is 1.25. The highest BCUT2D eigenvalue weighted by Gasteiger charge is 2.10. The van der Waals surface area contributed by atoms with Gasteiger partial charge in [-0.2, -0.15) is 15.0 Å². The van der Waals surface area contributed by atoms with Crippen LogP contribution in [0.5, 0.6) is 17.2 Å². The fourth-order valence-corrected chi connectivity index (χ4v) is 4.04. The maximum Gasteiger partial charge on any atom is 0.251 e. The summed E-state index contributed by atoms with van der Waals surface area (Å²) in [5.74, 6) is 2.95. The minimum absolute atomic E-state index is 0.124. The predicted molar refractivity (Wildman–Crippen MR) is 172 cm³/mol. The molecule has 13 heteroatoms. The minimum atomic E-state index is -0.124. The quantitative estimate of drug-likeness (QED) is 0.112. The van der Waals surface area contributed by atoms with Crippen LogP contribution in [0.3, 0.4) is 0 Å². The molecule has 4 N–H and O–H groups in total. The number of nitrogens with one attached hydrogen (secondary N) is 4. The molecule has 0 unspecified atom stereocenters. The Bertz CT molecular complexity index is 1480. The van der Waals surface area contributed by atoms with Crippen LogP contribution in [0, 0.1) is 0 Å².